The predicted molar refractivity (Wildman–Crippen MR) is 118 cm³/mol. The van der Waals surface area contributed by atoms with E-state index in [1.54, 1.807) is 42.2 Å². The van der Waals surface area contributed by atoms with Gasteiger partial charge < -0.3 is 25.4 Å². The maximum atomic E-state index is 12.3. The summed E-state index contributed by atoms with van der Waals surface area (Å²) in [5.74, 6) is 0.549. The number of urea groups is 1. The van der Waals surface area contributed by atoms with Crippen LogP contribution < -0.4 is 10.6 Å². The zero-order chi connectivity index (χ0) is 22.4. The Morgan fingerprint density at radius 3 is 2.52 bits per heavy atom. The molecule has 0 aliphatic carbocycles. The molecule has 3 rings (SSSR count). The summed E-state index contributed by atoms with van der Waals surface area (Å²) in [6.45, 7) is 3.83. The van der Waals surface area contributed by atoms with Gasteiger partial charge in [0.2, 0.25) is 0 Å². The molecule has 1 aliphatic heterocycles. The molecule has 1 saturated heterocycles. The van der Waals surface area contributed by atoms with Crippen molar-refractivity contribution in [3.63, 3.8) is 0 Å². The smallest absolute Gasteiger partial charge is 0.321 e. The van der Waals surface area contributed by atoms with Gasteiger partial charge in [-0.2, -0.15) is 0 Å². The SMILES string of the molecule is C[C@@H](CO)Nc1cc(CS(C)(=O)=O)nc(-c2ccc(NC(=O)N3CCOCC3)cc2)n1. The molecule has 0 radical (unpaired) electrons. The van der Waals surface area contributed by atoms with Crippen LogP contribution >= 0.6 is 0 Å². The summed E-state index contributed by atoms with van der Waals surface area (Å²) in [6, 6.07) is 8.11. The van der Waals surface area contributed by atoms with Crippen molar-refractivity contribution in [1.82, 2.24) is 14.9 Å². The van der Waals surface area contributed by atoms with E-state index >= 15 is 0 Å². The summed E-state index contributed by atoms with van der Waals surface area (Å²) in [7, 11) is -3.29. The van der Waals surface area contributed by atoms with E-state index in [2.05, 4.69) is 20.6 Å². The van der Waals surface area contributed by atoms with Crippen LogP contribution in [0.4, 0.5) is 16.3 Å². The van der Waals surface area contributed by atoms with Crippen LogP contribution in [0.1, 0.15) is 12.6 Å². The Kier molecular flexibility index (Phi) is 7.42. The Morgan fingerprint density at radius 2 is 1.90 bits per heavy atom. The average molecular weight is 450 g/mol. The summed E-state index contributed by atoms with van der Waals surface area (Å²) in [5, 5.41) is 15.2. The first kappa shape index (κ1) is 22.9. The van der Waals surface area contributed by atoms with E-state index in [0.29, 0.717) is 54.9 Å². The van der Waals surface area contributed by atoms with Crippen molar-refractivity contribution in [3.05, 3.63) is 36.0 Å². The lowest BCUT2D eigenvalue weighted by molar-refractivity contribution is 0.0564. The van der Waals surface area contributed by atoms with Crippen LogP contribution in [0, 0.1) is 0 Å². The van der Waals surface area contributed by atoms with Crippen molar-refractivity contribution in [2.24, 2.45) is 0 Å². The van der Waals surface area contributed by atoms with Crippen LogP contribution in [0.5, 0.6) is 0 Å². The van der Waals surface area contributed by atoms with Gasteiger partial charge >= 0.3 is 6.03 Å². The second-order valence-electron chi connectivity index (χ2n) is 7.47. The highest BCUT2D eigenvalue weighted by Gasteiger charge is 2.17. The molecule has 2 amide bonds. The summed E-state index contributed by atoms with van der Waals surface area (Å²) in [4.78, 5) is 22.8. The number of ether oxygens (including phenoxy) is 1. The number of hydrogen-bond acceptors (Lipinski definition) is 8. The van der Waals surface area contributed by atoms with E-state index < -0.39 is 9.84 Å². The molecule has 1 aromatic carbocycles. The number of anilines is 2. The van der Waals surface area contributed by atoms with E-state index in [-0.39, 0.29) is 24.4 Å². The van der Waals surface area contributed by atoms with Gasteiger partial charge in [-0.05, 0) is 31.2 Å². The Balaban J connectivity index is 1.80. The van der Waals surface area contributed by atoms with E-state index in [9.17, 15) is 18.3 Å². The summed E-state index contributed by atoms with van der Waals surface area (Å²) in [6.07, 6.45) is 1.14. The lowest BCUT2D eigenvalue weighted by Crippen LogP contribution is -2.43. The van der Waals surface area contributed by atoms with Crippen LogP contribution in [0.15, 0.2) is 30.3 Å². The molecular formula is C20H27N5O5S. The molecule has 168 valence electrons. The Morgan fingerprint density at radius 1 is 1.23 bits per heavy atom. The molecule has 2 heterocycles. The van der Waals surface area contributed by atoms with Gasteiger partial charge in [-0.3, -0.25) is 0 Å². The van der Waals surface area contributed by atoms with Crippen LogP contribution in [-0.2, 0) is 20.3 Å². The highest BCUT2D eigenvalue weighted by atomic mass is 32.2. The number of benzene rings is 1. The van der Waals surface area contributed by atoms with Gasteiger partial charge in [0.05, 0.1) is 31.3 Å². The molecule has 11 heteroatoms. The molecular weight excluding hydrogens is 422 g/mol. The molecule has 10 nitrogen and oxygen atoms in total. The molecule has 1 atom stereocenters. The topological polar surface area (TPSA) is 134 Å². The number of aliphatic hydroxyl groups is 1. The highest BCUT2D eigenvalue weighted by molar-refractivity contribution is 7.89. The number of carbonyl (C=O) groups is 1. The number of rotatable bonds is 7. The number of hydrogen-bond donors (Lipinski definition) is 3. The standard InChI is InChI=1S/C20H27N5O5S/c1-14(12-26)21-18-11-17(13-31(2,28)29)22-19(24-18)15-3-5-16(6-4-15)23-20(27)25-7-9-30-10-8-25/h3-6,11,14,26H,7-10,12-13H2,1-2H3,(H,23,27)(H,21,22,24)/t14-/m0/s1. The Bertz CT molecular complexity index is 1010. The highest BCUT2D eigenvalue weighted by Crippen LogP contribution is 2.22. The fourth-order valence-corrected chi connectivity index (χ4v) is 3.70. The summed E-state index contributed by atoms with van der Waals surface area (Å²) in [5.41, 5.74) is 1.64. The summed E-state index contributed by atoms with van der Waals surface area (Å²) < 4.78 is 28.7. The number of nitrogens with zero attached hydrogens (tertiary/aromatic N) is 3. The number of amides is 2. The van der Waals surface area contributed by atoms with Crippen LogP contribution in [0.2, 0.25) is 0 Å². The van der Waals surface area contributed by atoms with Crippen molar-refractivity contribution in [2.75, 3.05) is 49.8 Å². The molecule has 0 unspecified atom stereocenters. The van der Waals surface area contributed by atoms with Gasteiger partial charge in [0.1, 0.15) is 5.82 Å². The molecule has 31 heavy (non-hydrogen) atoms. The van der Waals surface area contributed by atoms with E-state index in [4.69, 9.17) is 4.74 Å². The number of sulfone groups is 1. The lowest BCUT2D eigenvalue weighted by Gasteiger charge is -2.26. The largest absolute Gasteiger partial charge is 0.394 e. The maximum Gasteiger partial charge on any atom is 0.321 e. The minimum Gasteiger partial charge on any atom is -0.394 e. The quantitative estimate of drug-likeness (QED) is 0.577. The van der Waals surface area contributed by atoms with Crippen LogP contribution in [0.3, 0.4) is 0 Å². The number of aromatic nitrogens is 2. The third kappa shape index (κ3) is 6.88. The number of aliphatic hydroxyl groups excluding tert-OH is 1. The normalized spacial score (nSPS) is 15.4. The van der Waals surface area contributed by atoms with Crippen molar-refractivity contribution >= 4 is 27.4 Å². The maximum absolute atomic E-state index is 12.3. The third-order valence-electron chi connectivity index (χ3n) is 4.55. The zero-order valence-corrected chi connectivity index (χ0v) is 18.4. The van der Waals surface area contributed by atoms with Crippen LogP contribution in [0.25, 0.3) is 11.4 Å². The van der Waals surface area contributed by atoms with Gasteiger partial charge in [0, 0.05) is 42.7 Å². The second-order valence-corrected chi connectivity index (χ2v) is 9.61. The fraction of sp³-hybridized carbons (Fsp3) is 0.450. The molecule has 1 fully saturated rings. The molecule has 0 saturated carbocycles. The monoisotopic (exact) mass is 449 g/mol. The Labute approximate surface area is 181 Å². The number of carbonyl (C=O) groups excluding carboxylic acids is 1. The molecule has 2 aromatic rings. The van der Waals surface area contributed by atoms with Crippen molar-refractivity contribution in [1.29, 1.82) is 0 Å². The van der Waals surface area contributed by atoms with Gasteiger partial charge in [0.15, 0.2) is 15.7 Å². The minimum atomic E-state index is -3.29. The lowest BCUT2D eigenvalue weighted by atomic mass is 10.2. The second kappa shape index (κ2) is 10.0. The first-order valence-electron chi connectivity index (χ1n) is 9.90. The van der Waals surface area contributed by atoms with Crippen molar-refractivity contribution in [3.8, 4) is 11.4 Å². The van der Waals surface area contributed by atoms with E-state index in [0.717, 1.165) is 6.26 Å². The number of nitrogens with one attached hydrogen (secondary N) is 2. The van der Waals surface area contributed by atoms with Gasteiger partial charge in [-0.25, -0.2) is 23.2 Å². The van der Waals surface area contributed by atoms with E-state index in [1.165, 1.54) is 0 Å². The predicted octanol–water partition coefficient (Wildman–Crippen LogP) is 1.34. The average Bonchev–Trinajstić information content (AvgIpc) is 2.73. The molecule has 1 aromatic heterocycles. The number of morpholine rings is 1. The molecule has 0 spiro atoms. The molecule has 0 bridgehead atoms. The van der Waals surface area contributed by atoms with Gasteiger partial charge in [-0.1, -0.05) is 0 Å². The molecule has 3 N–H and O–H groups in total. The fourth-order valence-electron chi connectivity index (χ4n) is 3.01. The van der Waals surface area contributed by atoms with Crippen molar-refractivity contribution < 1.29 is 23.1 Å². The minimum absolute atomic E-state index is 0.0989. The van der Waals surface area contributed by atoms with Gasteiger partial charge in [0.25, 0.3) is 0 Å². The van der Waals surface area contributed by atoms with Crippen LogP contribution in [-0.4, -0.2) is 79.6 Å². The van der Waals surface area contributed by atoms with Crippen molar-refractivity contribution in [2.45, 2.75) is 18.7 Å². The zero-order valence-electron chi connectivity index (χ0n) is 17.5. The molecule has 1 aliphatic rings. The third-order valence-corrected chi connectivity index (χ3v) is 5.37. The summed E-state index contributed by atoms with van der Waals surface area (Å²) >= 11 is 0. The first-order valence-corrected chi connectivity index (χ1v) is 12.0. The first-order chi connectivity index (χ1) is 14.7. The Hall–Kier alpha value is -2.76. The van der Waals surface area contributed by atoms with Gasteiger partial charge in [-0.15, -0.1) is 0 Å². The van der Waals surface area contributed by atoms with E-state index in [1.807, 2.05) is 0 Å².